The number of nitrogens with two attached hydrogens (primary N) is 1. The summed E-state index contributed by atoms with van der Waals surface area (Å²) >= 11 is 3.39. The van der Waals surface area contributed by atoms with E-state index >= 15 is 0 Å². The van der Waals surface area contributed by atoms with E-state index in [9.17, 15) is 4.79 Å². The van der Waals surface area contributed by atoms with Crippen molar-refractivity contribution in [2.75, 3.05) is 17.7 Å². The molecule has 0 aliphatic carbocycles. The van der Waals surface area contributed by atoms with Gasteiger partial charge in [0.05, 0.1) is 0 Å². The normalized spacial score (nSPS) is 10.5. The minimum atomic E-state index is -0.0644. The van der Waals surface area contributed by atoms with Crippen molar-refractivity contribution in [2.24, 2.45) is 0 Å². The van der Waals surface area contributed by atoms with Crippen molar-refractivity contribution in [3.05, 3.63) is 57.1 Å². The van der Waals surface area contributed by atoms with Crippen LogP contribution in [-0.4, -0.2) is 13.0 Å². The zero-order valence-corrected chi connectivity index (χ0v) is 14.3. The van der Waals surface area contributed by atoms with Crippen LogP contribution in [0.2, 0.25) is 0 Å². The number of hydrogen-bond acceptors (Lipinski definition) is 2. The summed E-state index contributed by atoms with van der Waals surface area (Å²) in [5, 5.41) is 0. The maximum Gasteiger partial charge on any atom is 0.258 e. The fraction of sp³-hybridized carbons (Fsp3) is 0.235. The van der Waals surface area contributed by atoms with Crippen LogP contribution in [0, 0.1) is 20.8 Å². The lowest BCUT2D eigenvalue weighted by atomic mass is 10.0. The maximum atomic E-state index is 12.7. The highest BCUT2D eigenvalue weighted by Crippen LogP contribution is 2.26. The molecule has 0 bridgehead atoms. The lowest BCUT2D eigenvalue weighted by molar-refractivity contribution is 0.0992. The summed E-state index contributed by atoms with van der Waals surface area (Å²) in [6.07, 6.45) is 0. The van der Waals surface area contributed by atoms with Gasteiger partial charge in [0.2, 0.25) is 0 Å². The Morgan fingerprint density at radius 1 is 1.05 bits per heavy atom. The van der Waals surface area contributed by atoms with Crippen LogP contribution in [0.15, 0.2) is 34.8 Å². The Morgan fingerprint density at radius 3 is 2.19 bits per heavy atom. The van der Waals surface area contributed by atoms with Gasteiger partial charge in [-0.1, -0.05) is 22.0 Å². The second kappa shape index (κ2) is 5.90. The molecular weight excluding hydrogens is 328 g/mol. The molecule has 0 fully saturated rings. The largest absolute Gasteiger partial charge is 0.398 e. The molecule has 0 unspecified atom stereocenters. The summed E-state index contributed by atoms with van der Waals surface area (Å²) in [6.45, 7) is 5.92. The summed E-state index contributed by atoms with van der Waals surface area (Å²) < 4.78 is 0.808. The highest BCUT2D eigenvalue weighted by molar-refractivity contribution is 9.10. The Kier molecular flexibility index (Phi) is 4.37. The molecule has 0 saturated heterocycles. The summed E-state index contributed by atoms with van der Waals surface area (Å²) in [7, 11) is 1.78. The first kappa shape index (κ1) is 15.6. The van der Waals surface area contributed by atoms with Crippen molar-refractivity contribution >= 4 is 33.2 Å². The topological polar surface area (TPSA) is 46.3 Å². The van der Waals surface area contributed by atoms with Gasteiger partial charge in [-0.2, -0.15) is 0 Å². The molecule has 0 aliphatic heterocycles. The predicted molar refractivity (Wildman–Crippen MR) is 91.9 cm³/mol. The van der Waals surface area contributed by atoms with Crippen LogP contribution < -0.4 is 10.6 Å². The molecule has 2 N–H and O–H groups in total. The molecule has 4 heteroatoms. The minimum Gasteiger partial charge on any atom is -0.398 e. The van der Waals surface area contributed by atoms with Gasteiger partial charge in [0.1, 0.15) is 0 Å². The Labute approximate surface area is 133 Å². The van der Waals surface area contributed by atoms with Gasteiger partial charge in [0.15, 0.2) is 0 Å². The number of anilines is 2. The second-order valence-corrected chi connectivity index (χ2v) is 6.29. The van der Waals surface area contributed by atoms with E-state index in [0.29, 0.717) is 11.3 Å². The third kappa shape index (κ3) is 3.27. The highest BCUT2D eigenvalue weighted by Gasteiger charge is 2.18. The smallest absolute Gasteiger partial charge is 0.258 e. The first-order valence-electron chi connectivity index (χ1n) is 6.71. The summed E-state index contributed by atoms with van der Waals surface area (Å²) in [4.78, 5) is 14.4. The van der Waals surface area contributed by atoms with Gasteiger partial charge in [0.25, 0.3) is 5.91 Å². The zero-order valence-electron chi connectivity index (χ0n) is 12.7. The molecule has 0 spiro atoms. The molecular formula is C17H19BrN2O. The summed E-state index contributed by atoms with van der Waals surface area (Å²) in [6, 6.07) is 9.71. The van der Waals surface area contributed by atoms with Crippen LogP contribution >= 0.6 is 15.9 Å². The molecule has 0 atom stereocenters. The van der Waals surface area contributed by atoms with E-state index in [0.717, 1.165) is 26.9 Å². The van der Waals surface area contributed by atoms with Crippen molar-refractivity contribution < 1.29 is 4.79 Å². The number of aryl methyl sites for hydroxylation is 2. The van der Waals surface area contributed by atoms with E-state index in [1.54, 1.807) is 11.9 Å². The number of nitrogen functional groups attached to an aromatic ring is 1. The maximum absolute atomic E-state index is 12.7. The average Bonchev–Trinajstić information content (AvgIpc) is 2.40. The molecule has 0 aliphatic rings. The van der Waals surface area contributed by atoms with Gasteiger partial charge in [-0.3, -0.25) is 4.79 Å². The Hall–Kier alpha value is -1.81. The van der Waals surface area contributed by atoms with Crippen LogP contribution in [0.3, 0.4) is 0 Å². The first-order valence-corrected chi connectivity index (χ1v) is 7.51. The fourth-order valence-electron chi connectivity index (χ4n) is 2.36. The number of rotatable bonds is 2. The summed E-state index contributed by atoms with van der Waals surface area (Å²) in [5.74, 6) is -0.0644. The molecule has 2 aromatic carbocycles. The van der Waals surface area contributed by atoms with Gasteiger partial charge in [-0.05, 0) is 61.7 Å². The van der Waals surface area contributed by atoms with Crippen molar-refractivity contribution in [1.82, 2.24) is 0 Å². The molecule has 0 aromatic heterocycles. The number of nitrogens with zero attached hydrogens (tertiary/aromatic N) is 1. The van der Waals surface area contributed by atoms with E-state index in [2.05, 4.69) is 22.0 Å². The van der Waals surface area contributed by atoms with Crippen LogP contribution in [-0.2, 0) is 0 Å². The number of carbonyl (C=O) groups is 1. The number of halogens is 1. The second-order valence-electron chi connectivity index (χ2n) is 5.38. The van der Waals surface area contributed by atoms with Crippen LogP contribution in [0.25, 0.3) is 0 Å². The molecule has 110 valence electrons. The number of amides is 1. The predicted octanol–water partition coefficient (Wildman–Crippen LogP) is 4.23. The Bertz CT molecular complexity index is 690. The average molecular weight is 347 g/mol. The lowest BCUT2D eigenvalue weighted by Crippen LogP contribution is -2.27. The third-order valence-corrected chi connectivity index (χ3v) is 4.00. The standard InChI is InChI=1S/C17H19BrN2O/c1-10-5-11(2)7-14(6-10)20(4)17(21)15-8-13(18)9-16(19)12(15)3/h5-9H,19H2,1-4H3. The van der Waals surface area contributed by atoms with E-state index in [-0.39, 0.29) is 5.91 Å². The molecule has 21 heavy (non-hydrogen) atoms. The minimum absolute atomic E-state index is 0.0644. The molecule has 2 rings (SSSR count). The zero-order chi connectivity index (χ0) is 15.7. The fourth-order valence-corrected chi connectivity index (χ4v) is 2.84. The van der Waals surface area contributed by atoms with Crippen molar-refractivity contribution in [2.45, 2.75) is 20.8 Å². The van der Waals surface area contributed by atoms with Crippen molar-refractivity contribution in [1.29, 1.82) is 0 Å². The third-order valence-electron chi connectivity index (χ3n) is 3.54. The molecule has 0 radical (unpaired) electrons. The highest BCUT2D eigenvalue weighted by atomic mass is 79.9. The molecule has 0 saturated carbocycles. The van der Waals surface area contributed by atoms with E-state index in [1.165, 1.54) is 0 Å². The number of benzene rings is 2. The summed E-state index contributed by atoms with van der Waals surface area (Å²) in [5.41, 5.74) is 11.1. The van der Waals surface area contributed by atoms with Gasteiger partial charge < -0.3 is 10.6 Å². The van der Waals surface area contributed by atoms with Crippen LogP contribution in [0.1, 0.15) is 27.0 Å². The lowest BCUT2D eigenvalue weighted by Gasteiger charge is -2.20. The quantitative estimate of drug-likeness (QED) is 0.827. The van der Waals surface area contributed by atoms with Crippen molar-refractivity contribution in [3.8, 4) is 0 Å². The van der Waals surface area contributed by atoms with E-state index in [4.69, 9.17) is 5.73 Å². The monoisotopic (exact) mass is 346 g/mol. The van der Waals surface area contributed by atoms with Crippen molar-refractivity contribution in [3.63, 3.8) is 0 Å². The number of hydrogen-bond donors (Lipinski definition) is 1. The van der Waals surface area contributed by atoms with Gasteiger partial charge in [-0.15, -0.1) is 0 Å². The Balaban J connectivity index is 2.44. The van der Waals surface area contributed by atoms with Gasteiger partial charge >= 0.3 is 0 Å². The van der Waals surface area contributed by atoms with Gasteiger partial charge in [-0.25, -0.2) is 0 Å². The van der Waals surface area contributed by atoms with E-state index in [1.807, 2.05) is 45.0 Å². The van der Waals surface area contributed by atoms with Gasteiger partial charge in [0, 0.05) is 28.5 Å². The SMILES string of the molecule is Cc1cc(C)cc(N(C)C(=O)c2cc(Br)cc(N)c2C)c1. The number of carbonyl (C=O) groups excluding carboxylic acids is 1. The van der Waals surface area contributed by atoms with Crippen LogP contribution in [0.5, 0.6) is 0 Å². The Morgan fingerprint density at radius 2 is 1.62 bits per heavy atom. The molecule has 2 aromatic rings. The molecule has 0 heterocycles. The van der Waals surface area contributed by atoms with E-state index < -0.39 is 0 Å². The van der Waals surface area contributed by atoms with Crippen LogP contribution in [0.4, 0.5) is 11.4 Å². The first-order chi connectivity index (χ1) is 9.79. The molecule has 3 nitrogen and oxygen atoms in total. The molecule has 1 amide bonds.